The van der Waals surface area contributed by atoms with Gasteiger partial charge in [0.05, 0.1) is 17.7 Å². The Hall–Kier alpha value is -1.85. The molecule has 0 heterocycles. The third-order valence-electron chi connectivity index (χ3n) is 3.75. The highest BCUT2D eigenvalue weighted by Gasteiger charge is 2.32. The fraction of sp³-hybridized carbons (Fsp3) is 0.188. The second-order valence-corrected chi connectivity index (χ2v) is 6.07. The Morgan fingerprint density at radius 1 is 1.29 bits per heavy atom. The van der Waals surface area contributed by atoms with E-state index >= 15 is 0 Å². The van der Waals surface area contributed by atoms with Crippen LogP contribution in [0.25, 0.3) is 0 Å². The van der Waals surface area contributed by atoms with Crippen LogP contribution in [0, 0.1) is 0 Å². The number of nitrogen functional groups attached to an aromatic ring is 1. The molecule has 0 fully saturated rings. The number of carbonyl (C=O) groups excluding carboxylic acids is 1. The zero-order valence-electron chi connectivity index (χ0n) is 11.2. The Balaban J connectivity index is 1.85. The van der Waals surface area contributed by atoms with Crippen LogP contribution < -0.4 is 11.1 Å². The first-order valence-corrected chi connectivity index (χ1v) is 7.47. The van der Waals surface area contributed by atoms with Crippen molar-refractivity contribution in [2.24, 2.45) is 0 Å². The highest BCUT2D eigenvalue weighted by molar-refractivity contribution is 9.10. The number of aliphatic hydroxyl groups excluding tert-OH is 1. The molecule has 0 unspecified atom stereocenters. The van der Waals surface area contributed by atoms with Crippen molar-refractivity contribution in [2.75, 3.05) is 5.73 Å². The molecule has 1 amide bonds. The van der Waals surface area contributed by atoms with Crippen LogP contribution in [-0.2, 0) is 6.42 Å². The number of amides is 1. The van der Waals surface area contributed by atoms with Crippen molar-refractivity contribution in [1.82, 2.24) is 5.32 Å². The summed E-state index contributed by atoms with van der Waals surface area (Å²) in [5.74, 6) is -0.277. The van der Waals surface area contributed by atoms with Crippen molar-refractivity contribution >= 4 is 27.5 Å². The van der Waals surface area contributed by atoms with E-state index in [0.29, 0.717) is 17.7 Å². The second kappa shape index (κ2) is 5.50. The lowest BCUT2D eigenvalue weighted by molar-refractivity contribution is 0.0859. The molecule has 21 heavy (non-hydrogen) atoms. The maximum Gasteiger partial charge on any atom is 0.253 e. The Kier molecular flexibility index (Phi) is 3.69. The van der Waals surface area contributed by atoms with E-state index in [1.807, 2.05) is 24.3 Å². The van der Waals surface area contributed by atoms with E-state index in [1.54, 1.807) is 18.2 Å². The number of hydrogen-bond acceptors (Lipinski definition) is 3. The third kappa shape index (κ3) is 2.66. The average molecular weight is 347 g/mol. The molecule has 4 N–H and O–H groups in total. The van der Waals surface area contributed by atoms with Crippen LogP contribution in [0.4, 0.5) is 5.69 Å². The summed E-state index contributed by atoms with van der Waals surface area (Å²) in [7, 11) is 0. The molecule has 1 aliphatic carbocycles. The number of rotatable bonds is 2. The summed E-state index contributed by atoms with van der Waals surface area (Å²) >= 11 is 3.31. The van der Waals surface area contributed by atoms with Crippen molar-refractivity contribution in [3.05, 3.63) is 63.6 Å². The Morgan fingerprint density at radius 3 is 2.81 bits per heavy atom. The normalized spacial score (nSPS) is 20.1. The Bertz CT molecular complexity index is 702. The standard InChI is InChI=1S/C16H15BrN2O2/c17-10-5-6-12(13(18)8-10)16(21)19-15-11-4-2-1-3-9(11)7-14(15)20/h1-6,8,14-15,20H,7,18H2,(H,19,21)/t14-,15+/m1/s1. The smallest absolute Gasteiger partial charge is 0.253 e. The first kappa shape index (κ1) is 14.1. The van der Waals surface area contributed by atoms with Gasteiger partial charge in [-0.2, -0.15) is 0 Å². The number of fused-ring (bicyclic) bond motifs is 1. The van der Waals surface area contributed by atoms with Gasteiger partial charge in [-0.05, 0) is 29.3 Å². The van der Waals surface area contributed by atoms with Gasteiger partial charge in [0.25, 0.3) is 5.91 Å². The maximum absolute atomic E-state index is 12.4. The lowest BCUT2D eigenvalue weighted by Crippen LogP contribution is -2.34. The van der Waals surface area contributed by atoms with Crippen LogP contribution in [0.15, 0.2) is 46.9 Å². The van der Waals surface area contributed by atoms with Crippen molar-refractivity contribution in [3.63, 3.8) is 0 Å². The van der Waals surface area contributed by atoms with Gasteiger partial charge in [-0.15, -0.1) is 0 Å². The molecule has 2 aromatic carbocycles. The van der Waals surface area contributed by atoms with Gasteiger partial charge in [0, 0.05) is 16.6 Å². The number of aliphatic hydroxyl groups is 1. The molecular formula is C16H15BrN2O2. The van der Waals surface area contributed by atoms with Gasteiger partial charge in [0.15, 0.2) is 0 Å². The summed E-state index contributed by atoms with van der Waals surface area (Å²) in [5.41, 5.74) is 8.72. The van der Waals surface area contributed by atoms with Crippen molar-refractivity contribution in [1.29, 1.82) is 0 Å². The van der Waals surface area contributed by atoms with Crippen LogP contribution in [-0.4, -0.2) is 17.1 Å². The van der Waals surface area contributed by atoms with Crippen LogP contribution >= 0.6 is 15.9 Å². The molecular weight excluding hydrogens is 332 g/mol. The molecule has 0 saturated carbocycles. The Morgan fingerprint density at radius 2 is 2.05 bits per heavy atom. The molecule has 2 atom stereocenters. The highest BCUT2D eigenvalue weighted by Crippen LogP contribution is 2.31. The van der Waals surface area contributed by atoms with E-state index in [2.05, 4.69) is 21.2 Å². The van der Waals surface area contributed by atoms with Gasteiger partial charge in [-0.25, -0.2) is 0 Å². The summed E-state index contributed by atoms with van der Waals surface area (Å²) < 4.78 is 0.822. The Labute approximate surface area is 131 Å². The monoisotopic (exact) mass is 346 g/mol. The van der Waals surface area contributed by atoms with E-state index in [4.69, 9.17) is 5.73 Å². The quantitative estimate of drug-likeness (QED) is 0.731. The van der Waals surface area contributed by atoms with Crippen LogP contribution in [0.3, 0.4) is 0 Å². The predicted molar refractivity (Wildman–Crippen MR) is 84.9 cm³/mol. The van der Waals surface area contributed by atoms with Crippen molar-refractivity contribution in [2.45, 2.75) is 18.6 Å². The molecule has 0 aromatic heterocycles. The molecule has 0 saturated heterocycles. The predicted octanol–water partition coefficient (Wildman–Crippen LogP) is 2.42. The van der Waals surface area contributed by atoms with E-state index in [9.17, 15) is 9.90 Å². The largest absolute Gasteiger partial charge is 0.398 e. The van der Waals surface area contributed by atoms with Gasteiger partial charge >= 0.3 is 0 Å². The summed E-state index contributed by atoms with van der Waals surface area (Å²) in [6.45, 7) is 0. The summed E-state index contributed by atoms with van der Waals surface area (Å²) in [4.78, 5) is 12.4. The fourth-order valence-corrected chi connectivity index (χ4v) is 3.09. The zero-order chi connectivity index (χ0) is 15.0. The fourth-order valence-electron chi connectivity index (χ4n) is 2.71. The summed E-state index contributed by atoms with van der Waals surface area (Å²) in [6, 6.07) is 12.5. The number of benzene rings is 2. The molecule has 0 bridgehead atoms. The van der Waals surface area contributed by atoms with Crippen LogP contribution in [0.5, 0.6) is 0 Å². The van der Waals surface area contributed by atoms with Gasteiger partial charge in [-0.3, -0.25) is 4.79 Å². The maximum atomic E-state index is 12.4. The van der Waals surface area contributed by atoms with E-state index in [0.717, 1.165) is 15.6 Å². The molecule has 2 aromatic rings. The van der Waals surface area contributed by atoms with Gasteiger partial charge in [0.1, 0.15) is 0 Å². The molecule has 3 rings (SSSR count). The summed E-state index contributed by atoms with van der Waals surface area (Å²) in [5, 5.41) is 13.0. The van der Waals surface area contributed by atoms with Crippen LogP contribution in [0.1, 0.15) is 27.5 Å². The van der Waals surface area contributed by atoms with E-state index in [1.165, 1.54) is 0 Å². The minimum absolute atomic E-state index is 0.277. The number of halogens is 1. The molecule has 4 nitrogen and oxygen atoms in total. The molecule has 108 valence electrons. The first-order chi connectivity index (χ1) is 10.1. The zero-order valence-corrected chi connectivity index (χ0v) is 12.8. The number of anilines is 1. The highest BCUT2D eigenvalue weighted by atomic mass is 79.9. The van der Waals surface area contributed by atoms with Crippen molar-refractivity contribution < 1.29 is 9.90 Å². The second-order valence-electron chi connectivity index (χ2n) is 5.15. The first-order valence-electron chi connectivity index (χ1n) is 6.68. The number of hydrogen-bond donors (Lipinski definition) is 3. The molecule has 0 radical (unpaired) electrons. The lowest BCUT2D eigenvalue weighted by Gasteiger charge is -2.18. The minimum Gasteiger partial charge on any atom is -0.398 e. The molecule has 5 heteroatoms. The topological polar surface area (TPSA) is 75.4 Å². The number of carbonyl (C=O) groups is 1. The summed E-state index contributed by atoms with van der Waals surface area (Å²) in [6.07, 6.45) is -0.0558. The van der Waals surface area contributed by atoms with Crippen molar-refractivity contribution in [3.8, 4) is 0 Å². The van der Waals surface area contributed by atoms with E-state index < -0.39 is 12.1 Å². The SMILES string of the molecule is Nc1cc(Br)ccc1C(=O)N[C@H]1c2ccccc2C[C@H]1O. The van der Waals surface area contributed by atoms with E-state index in [-0.39, 0.29) is 5.91 Å². The van der Waals surface area contributed by atoms with Gasteiger partial charge in [-0.1, -0.05) is 40.2 Å². The third-order valence-corrected chi connectivity index (χ3v) is 4.24. The molecule has 0 aliphatic heterocycles. The average Bonchev–Trinajstić information content (AvgIpc) is 2.75. The molecule has 1 aliphatic rings. The van der Waals surface area contributed by atoms with Gasteiger partial charge in [0.2, 0.25) is 0 Å². The number of nitrogens with two attached hydrogens (primary N) is 1. The molecule has 0 spiro atoms. The van der Waals surface area contributed by atoms with Gasteiger partial charge < -0.3 is 16.2 Å². The minimum atomic E-state index is -0.608. The van der Waals surface area contributed by atoms with Crippen LogP contribution in [0.2, 0.25) is 0 Å². The number of nitrogens with one attached hydrogen (secondary N) is 1. The lowest BCUT2D eigenvalue weighted by atomic mass is 10.1.